The molecule has 0 bridgehead atoms. The molecule has 0 heterocycles. The molecule has 104 valence electrons. The highest BCUT2D eigenvalue weighted by Crippen LogP contribution is 2.20. The van der Waals surface area contributed by atoms with E-state index < -0.39 is 0 Å². The molecule has 1 N–H and O–H groups in total. The third-order valence-electron chi connectivity index (χ3n) is 2.76. The van der Waals surface area contributed by atoms with Crippen LogP contribution in [-0.2, 0) is 14.3 Å². The van der Waals surface area contributed by atoms with Crippen molar-refractivity contribution < 1.29 is 14.3 Å². The Morgan fingerprint density at radius 1 is 1.20 bits per heavy atom. The second-order valence-electron chi connectivity index (χ2n) is 4.35. The Hall–Kier alpha value is -2.33. The van der Waals surface area contributed by atoms with Gasteiger partial charge in [-0.25, -0.2) is 0 Å². The number of fused-ring (bicyclic) bond motifs is 1. The highest BCUT2D eigenvalue weighted by molar-refractivity contribution is 5.89. The summed E-state index contributed by atoms with van der Waals surface area (Å²) < 4.78 is 10.0. The van der Waals surface area contributed by atoms with Crippen molar-refractivity contribution in [1.29, 1.82) is 0 Å². The molecule has 2 rings (SSSR count). The summed E-state index contributed by atoms with van der Waals surface area (Å²) in [5, 5.41) is 5.02. The number of ether oxygens (including phenoxy) is 2. The van der Waals surface area contributed by atoms with Crippen LogP contribution < -0.4 is 5.32 Å². The number of rotatable bonds is 5. The summed E-state index contributed by atoms with van der Waals surface area (Å²) in [4.78, 5) is 11.3. The zero-order chi connectivity index (χ0) is 14.4. The number of hydrogen-bond donors (Lipinski definition) is 1. The van der Waals surface area contributed by atoms with Gasteiger partial charge in [-0.05, 0) is 16.8 Å². The molecule has 0 aliphatic heterocycles. The standard InChI is InChI=1S/C16H17NO3/c1-12(18)17-16(10-20-11-19-2)15-8-7-13-5-3-4-6-14(13)9-15/h3-10H,11H2,1-2H3,(H,17,18)/b16-10-. The molecule has 2 aromatic carbocycles. The van der Waals surface area contributed by atoms with Crippen LogP contribution in [0.5, 0.6) is 0 Å². The van der Waals surface area contributed by atoms with E-state index in [0.29, 0.717) is 5.70 Å². The maximum absolute atomic E-state index is 11.3. The number of benzene rings is 2. The summed E-state index contributed by atoms with van der Waals surface area (Å²) in [7, 11) is 1.54. The predicted molar refractivity (Wildman–Crippen MR) is 78.7 cm³/mol. The zero-order valence-electron chi connectivity index (χ0n) is 11.6. The Labute approximate surface area is 118 Å². The topological polar surface area (TPSA) is 47.6 Å². The normalized spacial score (nSPS) is 11.4. The Kier molecular flexibility index (Phi) is 4.74. The van der Waals surface area contributed by atoms with Gasteiger partial charge in [0.2, 0.25) is 5.91 Å². The molecule has 0 aliphatic carbocycles. The van der Waals surface area contributed by atoms with Crippen LogP contribution in [0.3, 0.4) is 0 Å². The van der Waals surface area contributed by atoms with Crippen LogP contribution in [0.2, 0.25) is 0 Å². The number of carbonyl (C=O) groups is 1. The van der Waals surface area contributed by atoms with Crippen molar-refractivity contribution in [3.8, 4) is 0 Å². The van der Waals surface area contributed by atoms with Crippen LogP contribution in [0.4, 0.5) is 0 Å². The third kappa shape index (κ3) is 3.59. The quantitative estimate of drug-likeness (QED) is 0.517. The average molecular weight is 271 g/mol. The highest BCUT2D eigenvalue weighted by Gasteiger charge is 2.05. The van der Waals surface area contributed by atoms with Crippen molar-refractivity contribution in [1.82, 2.24) is 5.32 Å². The van der Waals surface area contributed by atoms with E-state index in [1.165, 1.54) is 13.2 Å². The van der Waals surface area contributed by atoms with Crippen LogP contribution in [0, 0.1) is 0 Å². The fourth-order valence-corrected chi connectivity index (χ4v) is 1.90. The number of methoxy groups -OCH3 is 1. The van der Waals surface area contributed by atoms with Gasteiger partial charge in [-0.3, -0.25) is 4.79 Å². The van der Waals surface area contributed by atoms with Gasteiger partial charge in [0.1, 0.15) is 6.26 Å². The molecule has 2 aromatic rings. The fraction of sp³-hybridized carbons (Fsp3) is 0.188. The lowest BCUT2D eigenvalue weighted by Crippen LogP contribution is -2.18. The van der Waals surface area contributed by atoms with Gasteiger partial charge in [-0.1, -0.05) is 36.4 Å². The molecule has 0 spiro atoms. The third-order valence-corrected chi connectivity index (χ3v) is 2.76. The van der Waals surface area contributed by atoms with Crippen molar-refractivity contribution in [3.05, 3.63) is 54.3 Å². The van der Waals surface area contributed by atoms with Gasteiger partial charge < -0.3 is 14.8 Å². The predicted octanol–water partition coefficient (Wildman–Crippen LogP) is 2.89. The van der Waals surface area contributed by atoms with Gasteiger partial charge in [0.25, 0.3) is 0 Å². The molecule has 4 heteroatoms. The van der Waals surface area contributed by atoms with E-state index >= 15 is 0 Å². The molecule has 0 saturated heterocycles. The second-order valence-corrected chi connectivity index (χ2v) is 4.35. The Morgan fingerprint density at radius 2 is 1.95 bits per heavy atom. The zero-order valence-corrected chi connectivity index (χ0v) is 11.6. The van der Waals surface area contributed by atoms with Gasteiger partial charge in [0, 0.05) is 19.6 Å². The van der Waals surface area contributed by atoms with Crippen LogP contribution >= 0.6 is 0 Å². The molecular weight excluding hydrogens is 254 g/mol. The molecule has 0 aromatic heterocycles. The van der Waals surface area contributed by atoms with Gasteiger partial charge in [-0.15, -0.1) is 0 Å². The molecule has 0 atom stereocenters. The monoisotopic (exact) mass is 271 g/mol. The van der Waals surface area contributed by atoms with E-state index in [1.54, 1.807) is 7.11 Å². The van der Waals surface area contributed by atoms with Crippen molar-refractivity contribution in [2.24, 2.45) is 0 Å². The van der Waals surface area contributed by atoms with Crippen molar-refractivity contribution in [2.45, 2.75) is 6.92 Å². The summed E-state index contributed by atoms with van der Waals surface area (Å²) in [5.74, 6) is -0.148. The van der Waals surface area contributed by atoms with Gasteiger partial charge >= 0.3 is 0 Å². The summed E-state index contributed by atoms with van der Waals surface area (Å²) in [6.07, 6.45) is 1.50. The molecule has 0 radical (unpaired) electrons. The number of hydrogen-bond acceptors (Lipinski definition) is 3. The largest absolute Gasteiger partial charge is 0.473 e. The van der Waals surface area contributed by atoms with E-state index in [1.807, 2.05) is 42.5 Å². The summed E-state index contributed by atoms with van der Waals surface area (Å²) in [6.45, 7) is 1.60. The first-order valence-electron chi connectivity index (χ1n) is 6.28. The van der Waals surface area contributed by atoms with Crippen LogP contribution in [0.25, 0.3) is 16.5 Å². The first-order chi connectivity index (χ1) is 9.70. The van der Waals surface area contributed by atoms with Crippen molar-refractivity contribution in [2.75, 3.05) is 13.9 Å². The van der Waals surface area contributed by atoms with Gasteiger partial charge in [0.05, 0.1) is 5.70 Å². The molecule has 20 heavy (non-hydrogen) atoms. The maximum atomic E-state index is 11.3. The van der Waals surface area contributed by atoms with E-state index in [-0.39, 0.29) is 12.7 Å². The van der Waals surface area contributed by atoms with Crippen LogP contribution in [-0.4, -0.2) is 19.8 Å². The van der Waals surface area contributed by atoms with Crippen molar-refractivity contribution in [3.63, 3.8) is 0 Å². The minimum absolute atomic E-state index is 0.136. The molecule has 0 fully saturated rings. The first-order valence-corrected chi connectivity index (χ1v) is 6.28. The summed E-state index contributed by atoms with van der Waals surface area (Å²) >= 11 is 0. The van der Waals surface area contributed by atoms with Crippen LogP contribution in [0.1, 0.15) is 12.5 Å². The van der Waals surface area contributed by atoms with Gasteiger partial charge in [0.15, 0.2) is 6.79 Å². The van der Waals surface area contributed by atoms with E-state index in [0.717, 1.165) is 16.3 Å². The SMILES string of the molecule is COCO/C=C(\NC(C)=O)c1ccc2ccccc2c1. The number of carbonyl (C=O) groups excluding carboxylic acids is 1. The number of amides is 1. The summed E-state index contributed by atoms with van der Waals surface area (Å²) in [5.41, 5.74) is 1.50. The number of nitrogens with one attached hydrogen (secondary N) is 1. The smallest absolute Gasteiger partial charge is 0.221 e. The Bertz CT molecular complexity index is 634. The molecule has 4 nitrogen and oxygen atoms in total. The minimum atomic E-state index is -0.148. The average Bonchev–Trinajstić information content (AvgIpc) is 2.45. The lowest BCUT2D eigenvalue weighted by molar-refractivity contribution is -0.117. The summed E-state index contributed by atoms with van der Waals surface area (Å²) in [6, 6.07) is 14.0. The molecule has 0 saturated carbocycles. The minimum Gasteiger partial charge on any atom is -0.473 e. The Morgan fingerprint density at radius 3 is 2.65 bits per heavy atom. The van der Waals surface area contributed by atoms with Crippen molar-refractivity contribution >= 4 is 22.4 Å². The fourth-order valence-electron chi connectivity index (χ4n) is 1.90. The second kappa shape index (κ2) is 6.73. The van der Waals surface area contributed by atoms with E-state index in [4.69, 9.17) is 9.47 Å². The lowest BCUT2D eigenvalue weighted by atomic mass is 10.1. The van der Waals surface area contributed by atoms with E-state index in [9.17, 15) is 4.79 Å². The highest BCUT2D eigenvalue weighted by atomic mass is 16.7. The van der Waals surface area contributed by atoms with E-state index in [2.05, 4.69) is 5.32 Å². The maximum Gasteiger partial charge on any atom is 0.221 e. The molecule has 0 unspecified atom stereocenters. The molecular formula is C16H17NO3. The Balaban J connectivity index is 2.34. The first kappa shape index (κ1) is 14.1. The molecule has 1 amide bonds. The molecule has 0 aliphatic rings. The lowest BCUT2D eigenvalue weighted by Gasteiger charge is -2.10. The van der Waals surface area contributed by atoms with Crippen LogP contribution in [0.15, 0.2) is 48.7 Å². The van der Waals surface area contributed by atoms with Gasteiger partial charge in [-0.2, -0.15) is 0 Å².